The number of benzene rings is 2. The lowest BCUT2D eigenvalue weighted by Crippen LogP contribution is -2.34. The van der Waals surface area contributed by atoms with Gasteiger partial charge in [0.15, 0.2) is 6.10 Å². The van der Waals surface area contributed by atoms with Crippen LogP contribution in [0.3, 0.4) is 0 Å². The second-order valence-corrected chi connectivity index (χ2v) is 6.42. The normalized spacial score (nSPS) is 11.5. The summed E-state index contributed by atoms with van der Waals surface area (Å²) in [7, 11) is 1.62. The van der Waals surface area contributed by atoms with E-state index >= 15 is 0 Å². The minimum absolute atomic E-state index is 0.236. The molecule has 2 aromatic rings. The van der Waals surface area contributed by atoms with Gasteiger partial charge < -0.3 is 20.1 Å². The van der Waals surface area contributed by atoms with Gasteiger partial charge in [-0.05, 0) is 43.5 Å². The molecule has 0 heterocycles. The fourth-order valence-electron chi connectivity index (χ4n) is 2.68. The molecule has 0 fully saturated rings. The summed E-state index contributed by atoms with van der Waals surface area (Å²) in [5, 5.41) is 5.67. The predicted molar refractivity (Wildman–Crippen MR) is 110 cm³/mol. The summed E-state index contributed by atoms with van der Waals surface area (Å²) >= 11 is 0. The van der Waals surface area contributed by atoms with Gasteiger partial charge in [0.1, 0.15) is 5.75 Å². The summed E-state index contributed by atoms with van der Waals surface area (Å²) in [5.41, 5.74) is 1.84. The first-order chi connectivity index (χ1) is 13.6. The quantitative estimate of drug-likeness (QED) is 0.614. The first kappa shape index (κ1) is 21.4. The van der Waals surface area contributed by atoms with Gasteiger partial charge in [-0.2, -0.15) is 0 Å². The second kappa shape index (κ2) is 11.1. The Hall–Kier alpha value is -2.86. The number of para-hydroxylation sites is 2. The van der Waals surface area contributed by atoms with Gasteiger partial charge >= 0.3 is 0 Å². The predicted octanol–water partition coefficient (Wildman–Crippen LogP) is 3.56. The fraction of sp³-hybridized carbons (Fsp3) is 0.364. The van der Waals surface area contributed by atoms with Crippen molar-refractivity contribution in [2.75, 3.05) is 25.6 Å². The van der Waals surface area contributed by atoms with Gasteiger partial charge in [-0.15, -0.1) is 0 Å². The van der Waals surface area contributed by atoms with Crippen LogP contribution in [-0.2, 0) is 9.53 Å². The lowest BCUT2D eigenvalue weighted by atomic mass is 10.1. The zero-order chi connectivity index (χ0) is 20.4. The van der Waals surface area contributed by atoms with E-state index in [1.807, 2.05) is 38.1 Å². The van der Waals surface area contributed by atoms with E-state index in [2.05, 4.69) is 10.6 Å². The lowest BCUT2D eigenvalue weighted by Gasteiger charge is -2.19. The van der Waals surface area contributed by atoms with Crippen LogP contribution in [0, 0.1) is 6.92 Å². The Kier molecular flexibility index (Phi) is 8.49. The number of methoxy groups -OCH3 is 1. The third-order valence-corrected chi connectivity index (χ3v) is 4.27. The van der Waals surface area contributed by atoms with Gasteiger partial charge in [-0.3, -0.25) is 9.59 Å². The molecule has 0 bridgehead atoms. The van der Waals surface area contributed by atoms with Crippen LogP contribution in [0.1, 0.15) is 35.7 Å². The minimum atomic E-state index is -0.654. The molecule has 2 amide bonds. The average molecular weight is 384 g/mol. The van der Waals surface area contributed by atoms with Crippen molar-refractivity contribution in [1.29, 1.82) is 0 Å². The molecule has 0 aliphatic rings. The van der Waals surface area contributed by atoms with Crippen molar-refractivity contribution in [3.8, 4) is 5.75 Å². The Bertz CT molecular complexity index is 792. The van der Waals surface area contributed by atoms with Crippen LogP contribution in [0.2, 0.25) is 0 Å². The van der Waals surface area contributed by atoms with Crippen LogP contribution >= 0.6 is 0 Å². The Morgan fingerprint density at radius 3 is 2.50 bits per heavy atom. The van der Waals surface area contributed by atoms with Crippen LogP contribution in [0.5, 0.6) is 5.75 Å². The maximum atomic E-state index is 12.7. The number of rotatable bonds is 10. The van der Waals surface area contributed by atoms with E-state index < -0.39 is 6.10 Å². The van der Waals surface area contributed by atoms with Crippen LogP contribution in [0.25, 0.3) is 0 Å². The maximum Gasteiger partial charge on any atom is 0.265 e. The molecule has 2 rings (SSSR count). The zero-order valence-electron chi connectivity index (χ0n) is 16.7. The van der Waals surface area contributed by atoms with Crippen molar-refractivity contribution in [1.82, 2.24) is 5.32 Å². The van der Waals surface area contributed by atoms with Crippen molar-refractivity contribution in [3.63, 3.8) is 0 Å². The van der Waals surface area contributed by atoms with E-state index in [4.69, 9.17) is 9.47 Å². The molecule has 28 heavy (non-hydrogen) atoms. The molecule has 0 radical (unpaired) electrons. The monoisotopic (exact) mass is 384 g/mol. The van der Waals surface area contributed by atoms with Crippen LogP contribution in [0.15, 0.2) is 48.5 Å². The number of nitrogens with one attached hydrogen (secondary N) is 2. The van der Waals surface area contributed by atoms with Crippen molar-refractivity contribution < 1.29 is 19.1 Å². The first-order valence-electron chi connectivity index (χ1n) is 9.46. The SMILES string of the molecule is CC[C@H](Oc1ccccc1C)C(=O)Nc1ccccc1C(=O)NCCCOC. The third-order valence-electron chi connectivity index (χ3n) is 4.27. The first-order valence-corrected chi connectivity index (χ1v) is 9.46. The number of carbonyl (C=O) groups is 2. The van der Waals surface area contributed by atoms with Gasteiger partial charge in [-0.25, -0.2) is 0 Å². The Balaban J connectivity index is 2.06. The lowest BCUT2D eigenvalue weighted by molar-refractivity contribution is -0.122. The molecular weight excluding hydrogens is 356 g/mol. The van der Waals surface area contributed by atoms with E-state index in [9.17, 15) is 9.59 Å². The second-order valence-electron chi connectivity index (χ2n) is 6.42. The molecule has 0 spiro atoms. The number of hydrogen-bond acceptors (Lipinski definition) is 4. The Labute approximate surface area is 166 Å². The molecule has 1 atom stereocenters. The van der Waals surface area contributed by atoms with E-state index in [1.54, 1.807) is 31.4 Å². The van der Waals surface area contributed by atoms with E-state index in [0.717, 1.165) is 12.0 Å². The highest BCUT2D eigenvalue weighted by Crippen LogP contribution is 2.21. The molecule has 0 saturated carbocycles. The van der Waals surface area contributed by atoms with Crippen LogP contribution < -0.4 is 15.4 Å². The average Bonchev–Trinajstić information content (AvgIpc) is 2.70. The van der Waals surface area contributed by atoms with E-state index in [1.165, 1.54) is 0 Å². The minimum Gasteiger partial charge on any atom is -0.480 e. The number of hydrogen-bond donors (Lipinski definition) is 2. The zero-order valence-corrected chi connectivity index (χ0v) is 16.7. The van der Waals surface area contributed by atoms with Crippen molar-refractivity contribution in [2.45, 2.75) is 32.8 Å². The van der Waals surface area contributed by atoms with Crippen LogP contribution in [0.4, 0.5) is 5.69 Å². The molecule has 0 aromatic heterocycles. The van der Waals surface area contributed by atoms with Gasteiger partial charge in [0.05, 0.1) is 11.3 Å². The Morgan fingerprint density at radius 2 is 1.79 bits per heavy atom. The molecule has 0 aliphatic heterocycles. The molecular formula is C22H28N2O4. The highest BCUT2D eigenvalue weighted by Gasteiger charge is 2.21. The molecule has 2 aromatic carbocycles. The molecule has 0 saturated heterocycles. The van der Waals surface area contributed by atoms with Crippen molar-refractivity contribution in [2.24, 2.45) is 0 Å². The highest BCUT2D eigenvalue weighted by molar-refractivity contribution is 6.04. The molecule has 150 valence electrons. The highest BCUT2D eigenvalue weighted by atomic mass is 16.5. The Morgan fingerprint density at radius 1 is 1.07 bits per heavy atom. The van der Waals surface area contributed by atoms with Gasteiger partial charge in [0, 0.05) is 20.3 Å². The summed E-state index contributed by atoms with van der Waals surface area (Å²) < 4.78 is 10.9. The van der Waals surface area contributed by atoms with Crippen molar-refractivity contribution >= 4 is 17.5 Å². The van der Waals surface area contributed by atoms with Crippen molar-refractivity contribution in [3.05, 3.63) is 59.7 Å². The molecule has 2 N–H and O–H groups in total. The number of carbonyl (C=O) groups excluding carboxylic acids is 2. The number of ether oxygens (including phenoxy) is 2. The van der Waals surface area contributed by atoms with Gasteiger partial charge in [0.25, 0.3) is 11.8 Å². The third kappa shape index (κ3) is 6.09. The van der Waals surface area contributed by atoms with E-state index in [0.29, 0.717) is 36.6 Å². The number of anilines is 1. The van der Waals surface area contributed by atoms with Crippen LogP contribution in [-0.4, -0.2) is 38.2 Å². The molecule has 0 aliphatic carbocycles. The summed E-state index contributed by atoms with van der Waals surface area (Å²) in [5.74, 6) is 0.152. The van der Waals surface area contributed by atoms with Gasteiger partial charge in [-0.1, -0.05) is 37.3 Å². The standard InChI is InChI=1S/C22H28N2O4/c1-4-19(28-20-13-8-5-10-16(20)2)22(26)24-18-12-7-6-11-17(18)21(25)23-14-9-15-27-3/h5-8,10-13,19H,4,9,14-15H2,1-3H3,(H,23,25)(H,24,26)/t19-/m0/s1. The van der Waals surface area contributed by atoms with Gasteiger partial charge in [0.2, 0.25) is 0 Å². The summed E-state index contributed by atoms with van der Waals surface area (Å²) in [6.45, 7) is 4.90. The molecule has 0 unspecified atom stereocenters. The largest absolute Gasteiger partial charge is 0.480 e. The smallest absolute Gasteiger partial charge is 0.265 e. The van der Waals surface area contributed by atoms with E-state index in [-0.39, 0.29) is 11.8 Å². The fourth-order valence-corrected chi connectivity index (χ4v) is 2.68. The summed E-state index contributed by atoms with van der Waals surface area (Å²) in [4.78, 5) is 25.2. The topological polar surface area (TPSA) is 76.7 Å². The summed E-state index contributed by atoms with van der Waals surface area (Å²) in [6, 6.07) is 14.5. The number of amides is 2. The summed E-state index contributed by atoms with van der Waals surface area (Å²) in [6.07, 6.45) is 0.573. The number of aryl methyl sites for hydroxylation is 1. The maximum absolute atomic E-state index is 12.7. The molecule has 6 nitrogen and oxygen atoms in total. The molecule has 6 heteroatoms.